The molecule has 0 aromatic carbocycles. The molecule has 0 bridgehead atoms. The largest absolute Gasteiger partial charge is 0.465 e. The Balaban J connectivity index is 3.29. The van der Waals surface area contributed by atoms with Gasteiger partial charge in [-0.1, -0.05) is 0 Å². The van der Waals surface area contributed by atoms with Gasteiger partial charge in [0.25, 0.3) is 0 Å². The van der Waals surface area contributed by atoms with Gasteiger partial charge in [-0.25, -0.2) is 0 Å². The second-order valence-electron chi connectivity index (χ2n) is 6.17. The molecule has 5 atom stereocenters. The molecule has 1 aliphatic rings. The summed E-state index contributed by atoms with van der Waals surface area (Å²) in [6.07, 6.45) is -4.42. The lowest BCUT2D eigenvalue weighted by Crippen LogP contribution is -2.59. The molecule has 0 radical (unpaired) electrons. The van der Waals surface area contributed by atoms with Crippen molar-refractivity contribution in [2.75, 3.05) is 6.61 Å². The number of carbonyl (C=O) groups excluding carboxylic acids is 5. The number of hydrogen-bond acceptors (Lipinski definition) is 10. The van der Waals surface area contributed by atoms with E-state index in [4.69, 9.17) is 23.7 Å². The molecule has 1 aliphatic carbocycles. The minimum absolute atomic E-state index is 0.0561. The Labute approximate surface area is 156 Å². The number of carbonyl (C=O) groups is 5. The SMILES string of the molecule is CC(=O)OC[C@@H]1C[C@H](OC(C)=O)[C@H](OC(C)=O)[C@H](OC(C)=O)[C@@H]1OC(C)=O. The number of rotatable bonds is 6. The summed E-state index contributed by atoms with van der Waals surface area (Å²) in [5.74, 6) is -3.95. The maximum Gasteiger partial charge on any atom is 0.303 e. The molecule has 10 heteroatoms. The molecule has 0 aliphatic heterocycles. The Kier molecular flexibility index (Phi) is 8.20. The summed E-state index contributed by atoms with van der Waals surface area (Å²) in [6, 6.07) is 0. The average molecular weight is 388 g/mol. The molecule has 1 saturated carbocycles. The highest BCUT2D eigenvalue weighted by Gasteiger charge is 2.52. The van der Waals surface area contributed by atoms with Crippen molar-refractivity contribution < 1.29 is 47.7 Å². The lowest BCUT2D eigenvalue weighted by molar-refractivity contribution is -0.221. The molecular formula is C17H24O10. The molecule has 10 nitrogen and oxygen atoms in total. The summed E-state index contributed by atoms with van der Waals surface area (Å²) in [6.45, 7) is 5.64. The van der Waals surface area contributed by atoms with Gasteiger partial charge in [0.05, 0.1) is 6.61 Å². The molecule has 0 amide bonds. The molecule has 0 aromatic heterocycles. The van der Waals surface area contributed by atoms with E-state index in [0.717, 1.165) is 20.8 Å². The molecule has 0 heterocycles. The third kappa shape index (κ3) is 7.24. The molecule has 0 aromatic rings. The first-order chi connectivity index (χ1) is 12.5. The summed E-state index contributed by atoms with van der Waals surface area (Å²) in [5, 5.41) is 0. The fourth-order valence-electron chi connectivity index (χ4n) is 2.96. The fraction of sp³-hybridized carbons (Fsp3) is 0.706. The van der Waals surface area contributed by atoms with Crippen molar-refractivity contribution in [1.29, 1.82) is 0 Å². The first-order valence-electron chi connectivity index (χ1n) is 8.33. The van der Waals surface area contributed by atoms with E-state index in [1.54, 1.807) is 0 Å². The van der Waals surface area contributed by atoms with E-state index in [1.807, 2.05) is 0 Å². The molecule has 1 rings (SSSR count). The van der Waals surface area contributed by atoms with Crippen LogP contribution >= 0.6 is 0 Å². The maximum absolute atomic E-state index is 11.6. The molecule has 0 N–H and O–H groups in total. The quantitative estimate of drug-likeness (QED) is 0.462. The minimum Gasteiger partial charge on any atom is -0.465 e. The topological polar surface area (TPSA) is 132 Å². The summed E-state index contributed by atoms with van der Waals surface area (Å²) in [5.41, 5.74) is 0. The monoisotopic (exact) mass is 388 g/mol. The van der Waals surface area contributed by atoms with Gasteiger partial charge in [0.2, 0.25) is 0 Å². The lowest BCUT2D eigenvalue weighted by Gasteiger charge is -2.43. The van der Waals surface area contributed by atoms with E-state index in [0.29, 0.717) is 0 Å². The van der Waals surface area contributed by atoms with Gasteiger partial charge in [0.15, 0.2) is 12.2 Å². The van der Waals surface area contributed by atoms with E-state index in [1.165, 1.54) is 13.8 Å². The lowest BCUT2D eigenvalue weighted by atomic mass is 9.80. The van der Waals surface area contributed by atoms with Crippen LogP contribution in [0.25, 0.3) is 0 Å². The van der Waals surface area contributed by atoms with Crippen molar-refractivity contribution in [3.63, 3.8) is 0 Å². The Morgan fingerprint density at radius 1 is 0.630 bits per heavy atom. The highest BCUT2D eigenvalue weighted by molar-refractivity contribution is 5.69. The van der Waals surface area contributed by atoms with Crippen LogP contribution in [0.2, 0.25) is 0 Å². The van der Waals surface area contributed by atoms with Gasteiger partial charge in [-0.15, -0.1) is 0 Å². The Morgan fingerprint density at radius 3 is 1.52 bits per heavy atom. The standard InChI is InChI=1S/C17H24O10/c1-8(18)23-7-13-6-14(24-9(2)19)16(26-11(4)21)17(27-12(5)22)15(13)25-10(3)20/h13-17H,6-7H2,1-5H3/t13-,14-,15+,16-,17+/m0/s1. The van der Waals surface area contributed by atoms with Crippen LogP contribution in [0.4, 0.5) is 0 Å². The van der Waals surface area contributed by atoms with Crippen LogP contribution in [0.3, 0.4) is 0 Å². The van der Waals surface area contributed by atoms with Crippen molar-refractivity contribution in [3.8, 4) is 0 Å². The first kappa shape index (κ1) is 22.4. The number of hydrogen-bond donors (Lipinski definition) is 0. The highest BCUT2D eigenvalue weighted by atomic mass is 16.6. The maximum atomic E-state index is 11.6. The van der Waals surface area contributed by atoms with E-state index < -0.39 is 60.2 Å². The van der Waals surface area contributed by atoms with Crippen molar-refractivity contribution in [3.05, 3.63) is 0 Å². The van der Waals surface area contributed by atoms with Gasteiger partial charge >= 0.3 is 29.8 Å². The van der Waals surface area contributed by atoms with Crippen LogP contribution in [0.5, 0.6) is 0 Å². The van der Waals surface area contributed by atoms with Crippen molar-refractivity contribution in [2.45, 2.75) is 65.5 Å². The molecule has 0 saturated heterocycles. The second kappa shape index (κ2) is 9.89. The zero-order valence-corrected chi connectivity index (χ0v) is 15.9. The van der Waals surface area contributed by atoms with Gasteiger partial charge < -0.3 is 23.7 Å². The summed E-state index contributed by atoms with van der Waals surface area (Å²) < 4.78 is 25.9. The average Bonchev–Trinajstić information content (AvgIpc) is 2.49. The normalized spacial score (nSPS) is 27.1. The van der Waals surface area contributed by atoms with Gasteiger partial charge in [-0.3, -0.25) is 24.0 Å². The Bertz CT molecular complexity index is 599. The van der Waals surface area contributed by atoms with Crippen molar-refractivity contribution in [2.24, 2.45) is 5.92 Å². The predicted octanol–water partition coefficient (Wildman–Crippen LogP) is 0.296. The number of esters is 5. The third-order valence-electron chi connectivity index (χ3n) is 3.74. The number of ether oxygens (including phenoxy) is 5. The van der Waals surface area contributed by atoms with E-state index in [9.17, 15) is 24.0 Å². The summed E-state index contributed by atoms with van der Waals surface area (Å²) in [4.78, 5) is 57.3. The zero-order chi connectivity index (χ0) is 20.7. The molecular weight excluding hydrogens is 364 g/mol. The Hall–Kier alpha value is -2.65. The van der Waals surface area contributed by atoms with Gasteiger partial charge in [0, 0.05) is 40.5 Å². The van der Waals surface area contributed by atoms with Gasteiger partial charge in [-0.05, 0) is 6.42 Å². The van der Waals surface area contributed by atoms with E-state index in [-0.39, 0.29) is 13.0 Å². The van der Waals surface area contributed by atoms with Gasteiger partial charge in [-0.2, -0.15) is 0 Å². The zero-order valence-electron chi connectivity index (χ0n) is 15.9. The molecule has 152 valence electrons. The van der Waals surface area contributed by atoms with Crippen LogP contribution in [0.1, 0.15) is 41.0 Å². The molecule has 1 fully saturated rings. The van der Waals surface area contributed by atoms with Gasteiger partial charge in [0.1, 0.15) is 12.2 Å². The highest BCUT2D eigenvalue weighted by Crippen LogP contribution is 2.34. The second-order valence-corrected chi connectivity index (χ2v) is 6.17. The predicted molar refractivity (Wildman–Crippen MR) is 87.0 cm³/mol. The summed E-state index contributed by atoms with van der Waals surface area (Å²) >= 11 is 0. The van der Waals surface area contributed by atoms with Crippen LogP contribution in [-0.4, -0.2) is 60.9 Å². The van der Waals surface area contributed by atoms with Crippen LogP contribution in [-0.2, 0) is 47.7 Å². The summed E-state index contributed by atoms with van der Waals surface area (Å²) in [7, 11) is 0. The van der Waals surface area contributed by atoms with Crippen LogP contribution < -0.4 is 0 Å². The van der Waals surface area contributed by atoms with Crippen LogP contribution in [0, 0.1) is 5.92 Å². The molecule has 0 spiro atoms. The van der Waals surface area contributed by atoms with Crippen molar-refractivity contribution in [1.82, 2.24) is 0 Å². The molecule has 27 heavy (non-hydrogen) atoms. The van der Waals surface area contributed by atoms with Crippen molar-refractivity contribution >= 4 is 29.8 Å². The smallest absolute Gasteiger partial charge is 0.303 e. The minimum atomic E-state index is -1.24. The molecule has 0 unspecified atom stereocenters. The first-order valence-corrected chi connectivity index (χ1v) is 8.33. The van der Waals surface area contributed by atoms with Crippen LogP contribution in [0.15, 0.2) is 0 Å². The Morgan fingerprint density at radius 2 is 1.07 bits per heavy atom. The fourth-order valence-corrected chi connectivity index (χ4v) is 2.96. The van der Waals surface area contributed by atoms with E-state index in [2.05, 4.69) is 0 Å². The van der Waals surface area contributed by atoms with E-state index >= 15 is 0 Å². The third-order valence-corrected chi connectivity index (χ3v) is 3.74.